The second kappa shape index (κ2) is 7.38. The van der Waals surface area contributed by atoms with E-state index in [4.69, 9.17) is 4.74 Å². The third-order valence-electron chi connectivity index (χ3n) is 6.07. The number of carbonyl (C=O) groups excluding carboxylic acids is 2. The monoisotopic (exact) mass is 378 g/mol. The molecule has 1 amide bonds. The number of Topliss-reactive ketones (excluding diaryl/α,β-unsaturated/α-hetero) is 1. The first kappa shape index (κ1) is 18.1. The van der Waals surface area contributed by atoms with E-state index in [1.54, 1.807) is 12.1 Å². The summed E-state index contributed by atoms with van der Waals surface area (Å²) in [7, 11) is 0. The summed E-state index contributed by atoms with van der Waals surface area (Å²) in [4.78, 5) is 29.8. The van der Waals surface area contributed by atoms with E-state index in [2.05, 4.69) is 4.90 Å². The van der Waals surface area contributed by atoms with Gasteiger partial charge in [0, 0.05) is 32.2 Å². The fraction of sp³-hybridized carbons (Fsp3) is 0.684. The lowest BCUT2D eigenvalue weighted by atomic mass is 9.77. The summed E-state index contributed by atoms with van der Waals surface area (Å²) in [6, 6.07) is 3.68. The summed E-state index contributed by atoms with van der Waals surface area (Å²) in [5.41, 5.74) is 0. The number of ether oxygens (including phenoxy) is 1. The summed E-state index contributed by atoms with van der Waals surface area (Å²) in [5.74, 6) is 0.843. The Bertz CT molecular complexity index is 685. The molecule has 1 aliphatic carbocycles. The van der Waals surface area contributed by atoms with Crippen LogP contribution in [-0.2, 0) is 4.74 Å². The Hall–Kier alpha value is -1.28. The van der Waals surface area contributed by atoms with Crippen LogP contribution in [0.4, 0.5) is 0 Å². The van der Waals surface area contributed by atoms with Crippen molar-refractivity contribution >= 4 is 23.0 Å². The van der Waals surface area contributed by atoms with Gasteiger partial charge in [-0.2, -0.15) is 0 Å². The Morgan fingerprint density at radius 2 is 1.77 bits per heavy atom. The first-order chi connectivity index (χ1) is 12.5. The number of fused-ring (bicyclic) bond motifs is 1. The lowest BCUT2D eigenvalue weighted by Crippen LogP contribution is -2.53. The Morgan fingerprint density at radius 1 is 1.12 bits per heavy atom. The predicted octanol–water partition coefficient (Wildman–Crippen LogP) is 1.49. The third kappa shape index (κ3) is 3.45. The molecule has 6 nitrogen and oxygen atoms in total. The minimum Gasteiger partial charge on any atom is -0.391 e. The number of hydrogen-bond acceptors (Lipinski definition) is 6. The second-order valence-corrected chi connectivity index (χ2v) is 8.79. The van der Waals surface area contributed by atoms with E-state index in [9.17, 15) is 14.7 Å². The molecule has 2 aliphatic heterocycles. The van der Waals surface area contributed by atoms with E-state index in [1.807, 2.05) is 4.90 Å². The van der Waals surface area contributed by atoms with Crippen LogP contribution in [0.3, 0.4) is 0 Å². The number of ketones is 1. The number of morpholine rings is 1. The zero-order valence-electron chi connectivity index (χ0n) is 15.1. The highest BCUT2D eigenvalue weighted by Gasteiger charge is 2.45. The van der Waals surface area contributed by atoms with Crippen molar-refractivity contribution in [1.29, 1.82) is 0 Å². The molecule has 142 valence electrons. The first-order valence-electron chi connectivity index (χ1n) is 9.43. The SMILES string of the molecule is CC(=O)c1ccc(C(=O)N2C[C@H]3C[C@@H](N4CCOCC4)[C@H](O)C[C@H]3C2)s1. The number of amides is 1. The maximum atomic E-state index is 12.8. The van der Waals surface area contributed by atoms with Crippen molar-refractivity contribution in [2.75, 3.05) is 39.4 Å². The second-order valence-electron chi connectivity index (χ2n) is 7.70. The lowest BCUT2D eigenvalue weighted by Gasteiger charge is -2.43. The minimum absolute atomic E-state index is 0.000571. The van der Waals surface area contributed by atoms with Crippen LogP contribution in [-0.4, -0.2) is 78.1 Å². The number of hydrogen-bond donors (Lipinski definition) is 1. The summed E-state index contributed by atoms with van der Waals surface area (Å²) in [5, 5.41) is 10.7. The van der Waals surface area contributed by atoms with Crippen LogP contribution in [0.25, 0.3) is 0 Å². The van der Waals surface area contributed by atoms with Crippen molar-refractivity contribution in [3.8, 4) is 0 Å². The van der Waals surface area contributed by atoms with Crippen LogP contribution in [0.1, 0.15) is 39.1 Å². The highest BCUT2D eigenvalue weighted by Crippen LogP contribution is 2.39. The van der Waals surface area contributed by atoms with E-state index in [0.29, 0.717) is 28.1 Å². The third-order valence-corrected chi connectivity index (χ3v) is 7.25. The van der Waals surface area contributed by atoms with Gasteiger partial charge in [0.05, 0.1) is 29.1 Å². The number of rotatable bonds is 3. The van der Waals surface area contributed by atoms with Crippen molar-refractivity contribution < 1.29 is 19.4 Å². The molecule has 26 heavy (non-hydrogen) atoms. The molecule has 4 rings (SSSR count). The van der Waals surface area contributed by atoms with Crippen molar-refractivity contribution in [3.63, 3.8) is 0 Å². The van der Waals surface area contributed by atoms with E-state index in [-0.39, 0.29) is 23.8 Å². The Labute approximate surface area is 157 Å². The molecule has 1 aromatic rings. The highest BCUT2D eigenvalue weighted by molar-refractivity contribution is 7.15. The maximum absolute atomic E-state index is 12.8. The van der Waals surface area contributed by atoms with Crippen LogP contribution in [0.15, 0.2) is 12.1 Å². The number of nitrogens with zero attached hydrogens (tertiary/aromatic N) is 2. The Morgan fingerprint density at radius 3 is 2.42 bits per heavy atom. The maximum Gasteiger partial charge on any atom is 0.263 e. The Kier molecular flexibility index (Phi) is 5.14. The van der Waals surface area contributed by atoms with Crippen molar-refractivity contribution in [2.24, 2.45) is 11.8 Å². The van der Waals surface area contributed by atoms with Crippen molar-refractivity contribution in [1.82, 2.24) is 9.80 Å². The molecule has 0 spiro atoms. The van der Waals surface area contributed by atoms with Crippen LogP contribution < -0.4 is 0 Å². The largest absolute Gasteiger partial charge is 0.391 e. The van der Waals surface area contributed by atoms with E-state index in [0.717, 1.165) is 45.7 Å². The van der Waals surface area contributed by atoms with Crippen LogP contribution in [0.2, 0.25) is 0 Å². The number of aliphatic hydroxyl groups is 1. The molecule has 2 saturated heterocycles. The molecule has 4 atom stereocenters. The molecule has 0 radical (unpaired) electrons. The van der Waals surface area contributed by atoms with Gasteiger partial charge in [-0.05, 0) is 43.7 Å². The molecule has 3 fully saturated rings. The van der Waals surface area contributed by atoms with Crippen molar-refractivity contribution in [3.05, 3.63) is 21.9 Å². The Balaban J connectivity index is 1.42. The summed E-state index contributed by atoms with van der Waals surface area (Å²) in [6.07, 6.45) is 1.38. The summed E-state index contributed by atoms with van der Waals surface area (Å²) in [6.45, 7) is 6.22. The molecule has 1 saturated carbocycles. The fourth-order valence-corrected chi connectivity index (χ4v) is 5.54. The quantitative estimate of drug-likeness (QED) is 0.807. The highest BCUT2D eigenvalue weighted by atomic mass is 32.1. The number of carbonyl (C=O) groups is 2. The summed E-state index contributed by atoms with van der Waals surface area (Å²) < 4.78 is 5.43. The smallest absolute Gasteiger partial charge is 0.263 e. The predicted molar refractivity (Wildman–Crippen MR) is 98.6 cm³/mol. The van der Waals surface area contributed by atoms with Gasteiger partial charge in [0.2, 0.25) is 0 Å². The van der Waals surface area contributed by atoms with Gasteiger partial charge >= 0.3 is 0 Å². The van der Waals surface area contributed by atoms with Gasteiger partial charge in [-0.15, -0.1) is 11.3 Å². The van der Waals surface area contributed by atoms with Gasteiger partial charge in [-0.25, -0.2) is 0 Å². The zero-order valence-corrected chi connectivity index (χ0v) is 15.9. The fourth-order valence-electron chi connectivity index (χ4n) is 4.67. The summed E-state index contributed by atoms with van der Waals surface area (Å²) >= 11 is 1.28. The molecule has 3 heterocycles. The molecule has 3 aliphatic rings. The molecule has 1 N–H and O–H groups in total. The minimum atomic E-state index is -0.324. The van der Waals surface area contributed by atoms with Crippen LogP contribution in [0, 0.1) is 11.8 Å². The average molecular weight is 378 g/mol. The molecule has 1 aromatic heterocycles. The molecule has 0 bridgehead atoms. The van der Waals surface area contributed by atoms with E-state index >= 15 is 0 Å². The first-order valence-corrected chi connectivity index (χ1v) is 10.2. The normalized spacial score (nSPS) is 32.5. The van der Waals surface area contributed by atoms with Gasteiger partial charge in [0.25, 0.3) is 5.91 Å². The van der Waals surface area contributed by atoms with E-state index < -0.39 is 0 Å². The molecule has 7 heteroatoms. The molecule has 0 aromatic carbocycles. The van der Waals surface area contributed by atoms with Gasteiger partial charge in [-0.1, -0.05) is 0 Å². The van der Waals surface area contributed by atoms with Crippen molar-refractivity contribution in [2.45, 2.75) is 31.9 Å². The number of aliphatic hydroxyl groups excluding tert-OH is 1. The topological polar surface area (TPSA) is 70.1 Å². The standard InChI is InChI=1S/C19H26N2O4S/c1-12(22)17-2-3-18(26-17)19(24)21-10-13-8-15(16(23)9-14(13)11-21)20-4-6-25-7-5-20/h2-3,13-16,23H,4-11H2,1H3/t13-,14+,15-,16-/m1/s1. The van der Waals surface area contributed by atoms with Gasteiger partial charge in [-0.3, -0.25) is 14.5 Å². The number of thiophene rings is 1. The van der Waals surface area contributed by atoms with Gasteiger partial charge in [0.15, 0.2) is 5.78 Å². The molecule has 0 unspecified atom stereocenters. The van der Waals surface area contributed by atoms with E-state index in [1.165, 1.54) is 18.3 Å². The lowest BCUT2D eigenvalue weighted by molar-refractivity contribution is -0.0520. The van der Waals surface area contributed by atoms with Gasteiger partial charge in [0.1, 0.15) is 0 Å². The number of likely N-dealkylation sites (tertiary alicyclic amines) is 1. The van der Waals surface area contributed by atoms with Crippen LogP contribution >= 0.6 is 11.3 Å². The zero-order chi connectivity index (χ0) is 18.3. The average Bonchev–Trinajstić information content (AvgIpc) is 3.28. The van der Waals surface area contributed by atoms with Crippen LogP contribution in [0.5, 0.6) is 0 Å². The van der Waals surface area contributed by atoms with Gasteiger partial charge < -0.3 is 14.7 Å². The molecular weight excluding hydrogens is 352 g/mol. The molecular formula is C19H26N2O4S.